The number of nitrogens with two attached hydrogens (primary N) is 1. The van der Waals surface area contributed by atoms with Crippen LogP contribution in [0.25, 0.3) is 0 Å². The minimum atomic E-state index is -0.116. The molecule has 0 aliphatic rings. The van der Waals surface area contributed by atoms with Crippen molar-refractivity contribution in [3.8, 4) is 0 Å². The highest BCUT2D eigenvalue weighted by atomic mass is 16.2. The van der Waals surface area contributed by atoms with E-state index in [1.54, 1.807) is 0 Å². The number of carbonyl (C=O) groups excluding carboxylic acids is 1. The van der Waals surface area contributed by atoms with Gasteiger partial charge < -0.3 is 10.8 Å². The molecule has 0 fully saturated rings. The Morgan fingerprint density at radius 3 is 2.25 bits per heavy atom. The maximum Gasteiger partial charge on any atom is 0.168 e. The minimum Gasteiger partial charge on any atom is -0.400 e. The molecule has 0 saturated carbocycles. The zero-order chi connectivity index (χ0) is 6.99. The molecule has 48 valence electrons. The lowest BCUT2D eigenvalue weighted by molar-refractivity contribution is -0.113. The van der Waals surface area contributed by atoms with Crippen molar-refractivity contribution in [2.24, 2.45) is 5.73 Å². The predicted molar refractivity (Wildman–Crippen MR) is 32.4 cm³/mol. The molecule has 0 saturated heterocycles. The van der Waals surface area contributed by atoms with E-state index >= 15 is 0 Å². The number of hydrogen-bond donors (Lipinski definition) is 2. The van der Waals surface area contributed by atoms with Crippen molar-refractivity contribution in [2.75, 3.05) is 13.7 Å². The molecule has 0 rings (SSSR count). The molecule has 8 heavy (non-hydrogen) atoms. The summed E-state index contributed by atoms with van der Waals surface area (Å²) in [6, 6.07) is 0. The molecule has 3 nitrogen and oxygen atoms in total. The maximum atomic E-state index is 9.94. The van der Waals surface area contributed by atoms with Gasteiger partial charge in [-0.3, -0.25) is 4.79 Å². The molecule has 0 aliphatic heterocycles. The quantitative estimate of drug-likeness (QED) is 0.470. The maximum absolute atomic E-state index is 9.94. The highest BCUT2D eigenvalue weighted by Gasteiger charge is 1.82. The van der Waals surface area contributed by atoms with Gasteiger partial charge in [-0.25, -0.2) is 0 Å². The fourth-order valence-corrected chi connectivity index (χ4v) is 0.0833. The molecule has 0 spiro atoms. The van der Waals surface area contributed by atoms with E-state index in [4.69, 9.17) is 10.8 Å². The molecule has 0 radical (unpaired) electrons. The second-order valence-corrected chi connectivity index (χ2v) is 0.875. The fraction of sp³-hybridized carbons (Fsp3) is 0.400. The molecule has 0 heterocycles. The Morgan fingerprint density at radius 1 is 1.88 bits per heavy atom. The van der Waals surface area contributed by atoms with Gasteiger partial charge in [0.15, 0.2) is 5.78 Å². The third-order valence-electron chi connectivity index (χ3n) is 0.429. The SMILES string of the molecule is C=CC(=O)CN.CO. The van der Waals surface area contributed by atoms with Gasteiger partial charge in [0.1, 0.15) is 0 Å². The smallest absolute Gasteiger partial charge is 0.168 e. The largest absolute Gasteiger partial charge is 0.400 e. The highest BCUT2D eigenvalue weighted by Crippen LogP contribution is 1.61. The average molecular weight is 117 g/mol. The summed E-state index contributed by atoms with van der Waals surface area (Å²) in [6.07, 6.45) is 1.21. The van der Waals surface area contributed by atoms with E-state index in [1.165, 1.54) is 6.08 Å². The number of aliphatic hydroxyl groups is 1. The Kier molecular flexibility index (Phi) is 12.4. The summed E-state index contributed by atoms with van der Waals surface area (Å²) in [5, 5.41) is 7.00. The van der Waals surface area contributed by atoms with Crippen LogP contribution >= 0.6 is 0 Å². The van der Waals surface area contributed by atoms with E-state index in [9.17, 15) is 4.79 Å². The first-order chi connectivity index (χ1) is 3.81. The number of rotatable bonds is 2. The van der Waals surface area contributed by atoms with Gasteiger partial charge in [0.05, 0.1) is 6.54 Å². The van der Waals surface area contributed by atoms with Crippen molar-refractivity contribution in [3.63, 3.8) is 0 Å². The molecule has 0 atom stereocenters. The lowest BCUT2D eigenvalue weighted by atomic mass is 10.4. The lowest BCUT2D eigenvalue weighted by Gasteiger charge is -1.76. The normalized spacial score (nSPS) is 6.38. The molecule has 0 amide bonds. The van der Waals surface area contributed by atoms with Gasteiger partial charge in [0.2, 0.25) is 0 Å². The molecule has 0 unspecified atom stereocenters. The number of carbonyl (C=O) groups is 1. The van der Waals surface area contributed by atoms with Gasteiger partial charge in [0.25, 0.3) is 0 Å². The molecule has 0 aromatic carbocycles. The standard InChI is InChI=1S/C4H7NO.CH4O/c1-2-4(6)3-5;1-2/h2H,1,3,5H2;2H,1H3. The second kappa shape index (κ2) is 9.59. The number of ketones is 1. The summed E-state index contributed by atoms with van der Waals surface area (Å²) in [5.74, 6) is -0.116. The van der Waals surface area contributed by atoms with Crippen LogP contribution in [0.2, 0.25) is 0 Å². The average Bonchev–Trinajstić information content (AvgIpc) is 1.91. The van der Waals surface area contributed by atoms with Crippen LogP contribution in [0.1, 0.15) is 0 Å². The van der Waals surface area contributed by atoms with Gasteiger partial charge >= 0.3 is 0 Å². The van der Waals surface area contributed by atoms with Crippen molar-refractivity contribution in [2.45, 2.75) is 0 Å². The first-order valence-electron chi connectivity index (χ1n) is 2.11. The van der Waals surface area contributed by atoms with Crippen molar-refractivity contribution in [3.05, 3.63) is 12.7 Å². The van der Waals surface area contributed by atoms with Crippen molar-refractivity contribution in [1.29, 1.82) is 0 Å². The molecule has 0 bridgehead atoms. The number of hydrogen-bond acceptors (Lipinski definition) is 3. The zero-order valence-corrected chi connectivity index (χ0v) is 4.92. The Morgan fingerprint density at radius 2 is 2.25 bits per heavy atom. The van der Waals surface area contributed by atoms with Crippen LogP contribution in [-0.4, -0.2) is 24.5 Å². The summed E-state index contributed by atoms with van der Waals surface area (Å²) >= 11 is 0. The van der Waals surface area contributed by atoms with E-state index in [0.29, 0.717) is 0 Å². The van der Waals surface area contributed by atoms with Crippen molar-refractivity contribution >= 4 is 5.78 Å². The van der Waals surface area contributed by atoms with E-state index in [2.05, 4.69) is 6.58 Å². The Balaban J connectivity index is 0. The lowest BCUT2D eigenvalue weighted by Crippen LogP contribution is -2.09. The van der Waals surface area contributed by atoms with Crippen LogP contribution in [0.15, 0.2) is 12.7 Å². The molecule has 0 aliphatic carbocycles. The minimum absolute atomic E-state index is 0.0729. The predicted octanol–water partition coefficient (Wildman–Crippen LogP) is -0.691. The van der Waals surface area contributed by atoms with Gasteiger partial charge in [-0.1, -0.05) is 6.58 Å². The summed E-state index contributed by atoms with van der Waals surface area (Å²) in [6.45, 7) is 3.27. The van der Waals surface area contributed by atoms with E-state index < -0.39 is 0 Å². The first kappa shape index (κ1) is 10.3. The van der Waals surface area contributed by atoms with Crippen LogP contribution in [0, 0.1) is 0 Å². The Labute approximate surface area is 48.8 Å². The number of aliphatic hydroxyl groups excluding tert-OH is 1. The van der Waals surface area contributed by atoms with Crippen LogP contribution in [0.4, 0.5) is 0 Å². The van der Waals surface area contributed by atoms with Crippen molar-refractivity contribution < 1.29 is 9.90 Å². The molecular weight excluding hydrogens is 106 g/mol. The third-order valence-corrected chi connectivity index (χ3v) is 0.429. The van der Waals surface area contributed by atoms with E-state index in [-0.39, 0.29) is 12.3 Å². The van der Waals surface area contributed by atoms with Crippen LogP contribution in [0.5, 0.6) is 0 Å². The van der Waals surface area contributed by atoms with E-state index in [1.807, 2.05) is 0 Å². The molecule has 0 aromatic rings. The Bertz CT molecular complexity index is 70.8. The zero-order valence-electron chi connectivity index (χ0n) is 4.92. The second-order valence-electron chi connectivity index (χ2n) is 0.875. The summed E-state index contributed by atoms with van der Waals surface area (Å²) in [5.41, 5.74) is 4.86. The fourth-order valence-electron chi connectivity index (χ4n) is 0.0833. The monoisotopic (exact) mass is 117 g/mol. The van der Waals surface area contributed by atoms with Gasteiger partial charge in [-0.15, -0.1) is 0 Å². The summed E-state index contributed by atoms with van der Waals surface area (Å²) in [7, 11) is 1.00. The van der Waals surface area contributed by atoms with Crippen LogP contribution in [0.3, 0.4) is 0 Å². The van der Waals surface area contributed by atoms with Crippen LogP contribution < -0.4 is 5.73 Å². The topological polar surface area (TPSA) is 63.3 Å². The molecule has 3 heteroatoms. The summed E-state index contributed by atoms with van der Waals surface area (Å²) in [4.78, 5) is 9.94. The highest BCUT2D eigenvalue weighted by molar-refractivity contribution is 5.90. The molecule has 3 N–H and O–H groups in total. The molecule has 0 aromatic heterocycles. The van der Waals surface area contributed by atoms with Crippen LogP contribution in [-0.2, 0) is 4.79 Å². The summed E-state index contributed by atoms with van der Waals surface area (Å²) < 4.78 is 0. The Hall–Kier alpha value is -0.670. The van der Waals surface area contributed by atoms with Gasteiger partial charge in [-0.05, 0) is 6.08 Å². The van der Waals surface area contributed by atoms with E-state index in [0.717, 1.165) is 7.11 Å². The van der Waals surface area contributed by atoms with Crippen molar-refractivity contribution in [1.82, 2.24) is 0 Å². The third kappa shape index (κ3) is 9.01. The molecular formula is C5H11NO2. The van der Waals surface area contributed by atoms with Gasteiger partial charge in [-0.2, -0.15) is 0 Å². The van der Waals surface area contributed by atoms with Gasteiger partial charge in [0, 0.05) is 7.11 Å². The first-order valence-corrected chi connectivity index (χ1v) is 2.11.